The monoisotopic (exact) mass is 258 g/mol. The van der Waals surface area contributed by atoms with Crippen LogP contribution in [0.2, 0.25) is 0 Å². The van der Waals surface area contributed by atoms with Crippen LogP contribution in [0.3, 0.4) is 0 Å². The van der Waals surface area contributed by atoms with Gasteiger partial charge in [0, 0.05) is 13.2 Å². The van der Waals surface area contributed by atoms with Gasteiger partial charge in [-0.1, -0.05) is 0 Å². The highest BCUT2D eigenvalue weighted by molar-refractivity contribution is 5.87. The zero-order chi connectivity index (χ0) is 13.2. The zero-order valence-electron chi connectivity index (χ0n) is 10.9. The Morgan fingerprint density at radius 1 is 1.44 bits per heavy atom. The molecule has 0 aromatic carbocycles. The Labute approximate surface area is 108 Å². The third-order valence-corrected chi connectivity index (χ3v) is 3.02. The van der Waals surface area contributed by atoms with Crippen LogP contribution in [0.25, 0.3) is 0 Å². The van der Waals surface area contributed by atoms with Crippen molar-refractivity contribution in [3.05, 3.63) is 0 Å². The van der Waals surface area contributed by atoms with Crippen molar-refractivity contribution in [2.75, 3.05) is 20.3 Å². The first-order valence-corrected chi connectivity index (χ1v) is 6.54. The number of esters is 1. The molecular formula is C13H22O5. The van der Waals surface area contributed by atoms with Gasteiger partial charge in [0.2, 0.25) is 0 Å². The van der Waals surface area contributed by atoms with Gasteiger partial charge in [-0.25, -0.2) is 0 Å². The van der Waals surface area contributed by atoms with Crippen LogP contribution in [0, 0.1) is 5.92 Å². The number of carbonyl (C=O) groups excluding carboxylic acids is 2. The summed E-state index contributed by atoms with van der Waals surface area (Å²) in [5.74, 6) is -1.09. The van der Waals surface area contributed by atoms with E-state index in [0.29, 0.717) is 19.3 Å². The summed E-state index contributed by atoms with van der Waals surface area (Å²) in [5.41, 5.74) is 0. The maximum absolute atomic E-state index is 11.1. The molecule has 0 spiro atoms. The van der Waals surface area contributed by atoms with E-state index in [2.05, 4.69) is 4.74 Å². The van der Waals surface area contributed by atoms with Gasteiger partial charge in [-0.05, 0) is 38.5 Å². The van der Waals surface area contributed by atoms with Crippen LogP contribution < -0.4 is 0 Å². The molecule has 0 aliphatic carbocycles. The summed E-state index contributed by atoms with van der Waals surface area (Å²) in [6, 6.07) is 0. The van der Waals surface area contributed by atoms with E-state index in [1.807, 2.05) is 0 Å². The van der Waals surface area contributed by atoms with Gasteiger partial charge in [0.05, 0.1) is 7.11 Å². The van der Waals surface area contributed by atoms with Gasteiger partial charge < -0.3 is 19.0 Å². The maximum Gasteiger partial charge on any atom is 0.315 e. The first-order valence-electron chi connectivity index (χ1n) is 6.54. The summed E-state index contributed by atoms with van der Waals surface area (Å²) in [4.78, 5) is 21.8. The first kappa shape index (κ1) is 15.1. The highest BCUT2D eigenvalue weighted by atomic mass is 16.7. The quantitative estimate of drug-likeness (QED) is 0.287. The van der Waals surface area contributed by atoms with Crippen LogP contribution in [0.15, 0.2) is 0 Å². The molecule has 5 heteroatoms. The van der Waals surface area contributed by atoms with Crippen molar-refractivity contribution >= 4 is 12.3 Å². The van der Waals surface area contributed by atoms with Crippen molar-refractivity contribution in [1.29, 1.82) is 0 Å². The normalized spacial score (nSPS) is 21.3. The lowest BCUT2D eigenvalue weighted by Gasteiger charge is -2.22. The Morgan fingerprint density at radius 3 is 2.89 bits per heavy atom. The van der Waals surface area contributed by atoms with Crippen molar-refractivity contribution in [3.8, 4) is 0 Å². The molecule has 0 radical (unpaired) electrons. The Bertz CT molecular complexity index is 248. The Morgan fingerprint density at radius 2 is 2.28 bits per heavy atom. The van der Waals surface area contributed by atoms with Crippen LogP contribution in [0.4, 0.5) is 0 Å². The minimum absolute atomic E-state index is 0.0683. The van der Waals surface area contributed by atoms with Crippen LogP contribution in [0.1, 0.15) is 38.5 Å². The van der Waals surface area contributed by atoms with Gasteiger partial charge in [0.15, 0.2) is 6.29 Å². The van der Waals surface area contributed by atoms with E-state index in [9.17, 15) is 9.59 Å². The molecule has 1 heterocycles. The van der Waals surface area contributed by atoms with Gasteiger partial charge in [-0.3, -0.25) is 4.79 Å². The molecule has 0 amide bonds. The Balaban J connectivity index is 2.03. The summed E-state index contributed by atoms with van der Waals surface area (Å²) in [7, 11) is 1.29. The van der Waals surface area contributed by atoms with Gasteiger partial charge in [0.1, 0.15) is 12.2 Å². The van der Waals surface area contributed by atoms with Crippen LogP contribution in [0.5, 0.6) is 0 Å². The molecular weight excluding hydrogens is 236 g/mol. The highest BCUT2D eigenvalue weighted by Gasteiger charge is 2.18. The topological polar surface area (TPSA) is 61.8 Å². The molecule has 1 aliphatic heterocycles. The molecule has 0 bridgehead atoms. The van der Waals surface area contributed by atoms with Gasteiger partial charge >= 0.3 is 5.97 Å². The lowest BCUT2D eigenvalue weighted by molar-refractivity contribution is -0.163. The fourth-order valence-electron chi connectivity index (χ4n) is 1.92. The second kappa shape index (κ2) is 9.05. The fourth-order valence-corrected chi connectivity index (χ4v) is 1.92. The van der Waals surface area contributed by atoms with Gasteiger partial charge in [-0.15, -0.1) is 0 Å². The zero-order valence-corrected chi connectivity index (χ0v) is 10.9. The number of hydrogen-bond donors (Lipinski definition) is 0. The minimum atomic E-state index is -0.638. The standard InChI is InChI=1S/C13H22O5/c1-16-13(15)11(10-14)6-2-4-8-17-12-7-3-5-9-18-12/h10-12H,2-9H2,1H3. The molecule has 0 aromatic rings. The maximum atomic E-state index is 11.1. The van der Waals surface area contributed by atoms with Crippen molar-refractivity contribution in [1.82, 2.24) is 0 Å². The number of carbonyl (C=O) groups is 2. The van der Waals surface area contributed by atoms with E-state index in [-0.39, 0.29) is 6.29 Å². The molecule has 2 unspecified atom stereocenters. The second-order valence-corrected chi connectivity index (χ2v) is 4.43. The van der Waals surface area contributed by atoms with E-state index >= 15 is 0 Å². The summed E-state index contributed by atoms with van der Waals surface area (Å²) < 4.78 is 15.5. The molecule has 2 atom stereocenters. The van der Waals surface area contributed by atoms with Crippen LogP contribution in [-0.4, -0.2) is 38.9 Å². The third kappa shape index (κ3) is 5.60. The first-order chi connectivity index (χ1) is 8.77. The average Bonchev–Trinajstić information content (AvgIpc) is 2.43. The third-order valence-electron chi connectivity index (χ3n) is 3.02. The van der Waals surface area contributed by atoms with E-state index in [4.69, 9.17) is 9.47 Å². The molecule has 0 N–H and O–H groups in total. The number of rotatable bonds is 8. The number of aldehydes is 1. The molecule has 1 rings (SSSR count). The highest BCUT2D eigenvalue weighted by Crippen LogP contribution is 2.14. The summed E-state index contributed by atoms with van der Waals surface area (Å²) >= 11 is 0. The summed E-state index contributed by atoms with van der Waals surface area (Å²) in [5, 5.41) is 0. The average molecular weight is 258 g/mol. The summed E-state index contributed by atoms with van der Waals surface area (Å²) in [6.45, 7) is 1.39. The molecule has 18 heavy (non-hydrogen) atoms. The van der Waals surface area contributed by atoms with Gasteiger partial charge in [0.25, 0.3) is 0 Å². The molecule has 0 aromatic heterocycles. The van der Waals surface area contributed by atoms with E-state index in [1.54, 1.807) is 0 Å². The molecule has 1 fully saturated rings. The number of hydrogen-bond acceptors (Lipinski definition) is 5. The van der Waals surface area contributed by atoms with E-state index < -0.39 is 11.9 Å². The number of unbranched alkanes of at least 4 members (excludes halogenated alkanes) is 1. The van der Waals surface area contributed by atoms with E-state index in [0.717, 1.165) is 38.7 Å². The summed E-state index contributed by atoms with van der Waals surface area (Å²) in [6.07, 6.45) is 5.91. The van der Waals surface area contributed by atoms with Crippen molar-refractivity contribution < 1.29 is 23.8 Å². The smallest absolute Gasteiger partial charge is 0.315 e. The van der Waals surface area contributed by atoms with E-state index in [1.165, 1.54) is 7.11 Å². The van der Waals surface area contributed by atoms with Crippen LogP contribution >= 0.6 is 0 Å². The molecule has 104 valence electrons. The number of methoxy groups -OCH3 is 1. The van der Waals surface area contributed by atoms with Crippen molar-refractivity contribution in [2.45, 2.75) is 44.8 Å². The lowest BCUT2D eigenvalue weighted by atomic mass is 10.0. The number of ether oxygens (including phenoxy) is 3. The van der Waals surface area contributed by atoms with Gasteiger partial charge in [-0.2, -0.15) is 0 Å². The molecule has 0 saturated carbocycles. The second-order valence-electron chi connectivity index (χ2n) is 4.43. The van der Waals surface area contributed by atoms with Crippen LogP contribution in [-0.2, 0) is 23.8 Å². The van der Waals surface area contributed by atoms with Crippen molar-refractivity contribution in [3.63, 3.8) is 0 Å². The fraction of sp³-hybridized carbons (Fsp3) is 0.846. The molecule has 5 nitrogen and oxygen atoms in total. The SMILES string of the molecule is COC(=O)C(C=O)CCCCOC1CCCCO1. The molecule has 1 saturated heterocycles. The minimum Gasteiger partial charge on any atom is -0.468 e. The predicted octanol–water partition coefficient (Wildman–Crippen LogP) is 1.69. The van der Waals surface area contributed by atoms with Crippen molar-refractivity contribution in [2.24, 2.45) is 5.92 Å². The lowest BCUT2D eigenvalue weighted by Crippen LogP contribution is -2.22. The Hall–Kier alpha value is -0.940. The largest absolute Gasteiger partial charge is 0.468 e. The predicted molar refractivity (Wildman–Crippen MR) is 65.0 cm³/mol. The Kier molecular flexibility index (Phi) is 7.60. The molecule has 1 aliphatic rings.